The highest BCUT2D eigenvalue weighted by atomic mass is 16.6. The Morgan fingerprint density at radius 3 is 2.59 bits per heavy atom. The molecule has 138 valence electrons. The topological polar surface area (TPSA) is 104 Å². The second-order valence-corrected chi connectivity index (χ2v) is 5.34. The average Bonchev–Trinajstić information content (AvgIpc) is 2.69. The van der Waals surface area contributed by atoms with E-state index in [1.54, 1.807) is 13.2 Å². The molecule has 3 aromatic rings. The number of benzene rings is 2. The van der Waals surface area contributed by atoms with E-state index >= 15 is 0 Å². The molecule has 0 radical (unpaired) electrons. The van der Waals surface area contributed by atoms with Crippen LogP contribution in [-0.4, -0.2) is 30.4 Å². The maximum Gasteiger partial charge on any atom is 0.169 e. The molecule has 0 spiro atoms. The summed E-state index contributed by atoms with van der Waals surface area (Å²) < 4.78 is 11.3. The number of para-hydroxylation sites is 1. The smallest absolute Gasteiger partial charge is 0.169 e. The lowest BCUT2D eigenvalue weighted by Crippen LogP contribution is -2.05. The highest BCUT2D eigenvalue weighted by Crippen LogP contribution is 2.34. The number of ether oxygens (including phenoxy) is 2. The van der Waals surface area contributed by atoms with Crippen molar-refractivity contribution < 1.29 is 14.3 Å². The van der Waals surface area contributed by atoms with E-state index in [1.807, 2.05) is 42.5 Å². The summed E-state index contributed by atoms with van der Waals surface area (Å²) in [5, 5.41) is 6.90. The predicted molar refractivity (Wildman–Crippen MR) is 104 cm³/mol. The van der Waals surface area contributed by atoms with E-state index in [9.17, 15) is 0 Å². The number of nitrogen functional groups attached to an aromatic ring is 1. The standard InChI is InChI=1S/C19H19N5O3/c1-25-17-10-13(8-9-16(17)27-14-6-4-3-5-7-14)24-19-15(11-23-26-2)18(20)21-12-22-19/h3-12H,1-2H3,(H3,20,21,22,24)/b23-11+. The van der Waals surface area contributed by atoms with Gasteiger partial charge in [-0.15, -0.1) is 0 Å². The highest BCUT2D eigenvalue weighted by molar-refractivity contribution is 5.92. The van der Waals surface area contributed by atoms with Crippen LogP contribution >= 0.6 is 0 Å². The lowest BCUT2D eigenvalue weighted by molar-refractivity contribution is 0.215. The van der Waals surface area contributed by atoms with Gasteiger partial charge in [0.2, 0.25) is 0 Å². The second-order valence-electron chi connectivity index (χ2n) is 5.34. The van der Waals surface area contributed by atoms with Crippen LogP contribution in [0.15, 0.2) is 60.0 Å². The summed E-state index contributed by atoms with van der Waals surface area (Å²) >= 11 is 0. The number of oxime groups is 1. The largest absolute Gasteiger partial charge is 0.493 e. The van der Waals surface area contributed by atoms with Crippen LogP contribution in [0.2, 0.25) is 0 Å². The first-order valence-electron chi connectivity index (χ1n) is 8.06. The fourth-order valence-corrected chi connectivity index (χ4v) is 2.32. The van der Waals surface area contributed by atoms with Gasteiger partial charge in [-0.3, -0.25) is 0 Å². The summed E-state index contributed by atoms with van der Waals surface area (Å²) in [6, 6.07) is 14.9. The molecule has 0 aliphatic carbocycles. The molecule has 0 aliphatic heterocycles. The minimum atomic E-state index is 0.282. The summed E-state index contributed by atoms with van der Waals surface area (Å²) in [5.41, 5.74) is 7.15. The number of rotatable bonds is 7. The van der Waals surface area contributed by atoms with Gasteiger partial charge in [-0.25, -0.2) is 9.97 Å². The van der Waals surface area contributed by atoms with E-state index in [0.29, 0.717) is 22.9 Å². The molecule has 3 N–H and O–H groups in total. The van der Waals surface area contributed by atoms with E-state index in [-0.39, 0.29) is 5.82 Å². The van der Waals surface area contributed by atoms with E-state index in [1.165, 1.54) is 19.7 Å². The van der Waals surface area contributed by atoms with Crippen LogP contribution in [-0.2, 0) is 4.84 Å². The Kier molecular flexibility index (Phi) is 5.68. The minimum absolute atomic E-state index is 0.282. The first-order valence-corrected chi connectivity index (χ1v) is 8.06. The monoisotopic (exact) mass is 365 g/mol. The SMILES string of the molecule is CO/N=C/c1c(N)ncnc1Nc1ccc(Oc2ccccc2)c(OC)c1. The first-order chi connectivity index (χ1) is 13.2. The third kappa shape index (κ3) is 4.43. The van der Waals surface area contributed by atoms with Crippen molar-refractivity contribution in [3.05, 3.63) is 60.4 Å². The molecule has 1 aromatic heterocycles. The van der Waals surface area contributed by atoms with Gasteiger partial charge in [0.05, 0.1) is 18.9 Å². The summed E-state index contributed by atoms with van der Waals surface area (Å²) in [5.74, 6) is 2.65. The van der Waals surface area contributed by atoms with Gasteiger partial charge in [0.25, 0.3) is 0 Å². The van der Waals surface area contributed by atoms with Crippen molar-refractivity contribution in [1.29, 1.82) is 0 Å². The summed E-state index contributed by atoms with van der Waals surface area (Å²) in [4.78, 5) is 12.9. The zero-order chi connectivity index (χ0) is 19.1. The van der Waals surface area contributed by atoms with E-state index < -0.39 is 0 Å². The lowest BCUT2D eigenvalue weighted by Gasteiger charge is -2.14. The molecule has 0 unspecified atom stereocenters. The van der Waals surface area contributed by atoms with Gasteiger partial charge in [-0.2, -0.15) is 0 Å². The Labute approximate surface area is 156 Å². The molecule has 3 rings (SSSR count). The number of hydrogen-bond acceptors (Lipinski definition) is 8. The molecule has 0 fully saturated rings. The Hall–Kier alpha value is -3.81. The van der Waals surface area contributed by atoms with Crippen molar-refractivity contribution >= 4 is 23.5 Å². The third-order valence-corrected chi connectivity index (χ3v) is 3.60. The number of nitrogens with one attached hydrogen (secondary N) is 1. The molecule has 8 nitrogen and oxygen atoms in total. The Morgan fingerprint density at radius 1 is 1.04 bits per heavy atom. The van der Waals surface area contributed by atoms with Crippen LogP contribution in [0.25, 0.3) is 0 Å². The molecular weight excluding hydrogens is 346 g/mol. The van der Waals surface area contributed by atoms with Crippen LogP contribution in [0.5, 0.6) is 17.2 Å². The van der Waals surface area contributed by atoms with Gasteiger partial charge in [0.15, 0.2) is 11.5 Å². The molecule has 0 atom stereocenters. The van der Waals surface area contributed by atoms with Gasteiger partial charge < -0.3 is 25.4 Å². The molecule has 8 heteroatoms. The number of nitrogens with two attached hydrogens (primary N) is 1. The van der Waals surface area contributed by atoms with E-state index in [0.717, 1.165) is 11.4 Å². The molecule has 0 bridgehead atoms. The number of anilines is 3. The molecule has 0 amide bonds. The number of nitrogens with zero attached hydrogens (tertiary/aromatic N) is 3. The fraction of sp³-hybridized carbons (Fsp3) is 0.105. The van der Waals surface area contributed by atoms with Crippen LogP contribution in [0.3, 0.4) is 0 Å². The number of hydrogen-bond donors (Lipinski definition) is 2. The van der Waals surface area contributed by atoms with Crippen LogP contribution in [0, 0.1) is 0 Å². The molecule has 1 heterocycles. The lowest BCUT2D eigenvalue weighted by atomic mass is 10.2. The Balaban J connectivity index is 1.87. The zero-order valence-electron chi connectivity index (χ0n) is 14.9. The average molecular weight is 365 g/mol. The number of methoxy groups -OCH3 is 1. The molecule has 0 saturated carbocycles. The molecule has 2 aromatic carbocycles. The van der Waals surface area contributed by atoms with Crippen molar-refractivity contribution in [3.63, 3.8) is 0 Å². The van der Waals surface area contributed by atoms with Crippen molar-refractivity contribution in [1.82, 2.24) is 9.97 Å². The van der Waals surface area contributed by atoms with Gasteiger partial charge in [-0.1, -0.05) is 23.4 Å². The minimum Gasteiger partial charge on any atom is -0.493 e. The molecule has 0 aliphatic rings. The molecule has 27 heavy (non-hydrogen) atoms. The molecular formula is C19H19N5O3. The number of aromatic nitrogens is 2. The van der Waals surface area contributed by atoms with Crippen molar-refractivity contribution in [2.45, 2.75) is 0 Å². The van der Waals surface area contributed by atoms with E-state index in [4.69, 9.17) is 20.0 Å². The van der Waals surface area contributed by atoms with Gasteiger partial charge in [0.1, 0.15) is 30.8 Å². The van der Waals surface area contributed by atoms with Crippen LogP contribution in [0.4, 0.5) is 17.3 Å². The van der Waals surface area contributed by atoms with Crippen molar-refractivity contribution in [3.8, 4) is 17.2 Å². The third-order valence-electron chi connectivity index (χ3n) is 3.60. The summed E-state index contributed by atoms with van der Waals surface area (Å²) in [6.45, 7) is 0. The van der Waals surface area contributed by atoms with Crippen LogP contribution < -0.4 is 20.5 Å². The van der Waals surface area contributed by atoms with Gasteiger partial charge >= 0.3 is 0 Å². The quantitative estimate of drug-likeness (QED) is 0.487. The van der Waals surface area contributed by atoms with Gasteiger partial charge in [-0.05, 0) is 24.3 Å². The maximum atomic E-state index is 5.90. The highest BCUT2D eigenvalue weighted by Gasteiger charge is 2.11. The van der Waals surface area contributed by atoms with Crippen LogP contribution in [0.1, 0.15) is 5.56 Å². The summed E-state index contributed by atoms with van der Waals surface area (Å²) in [7, 11) is 3.02. The first kappa shape index (κ1) is 18.0. The Morgan fingerprint density at radius 2 is 1.85 bits per heavy atom. The van der Waals surface area contributed by atoms with Crippen molar-refractivity contribution in [2.24, 2.45) is 5.16 Å². The van der Waals surface area contributed by atoms with Crippen molar-refractivity contribution in [2.75, 3.05) is 25.3 Å². The Bertz CT molecular complexity index is 932. The van der Waals surface area contributed by atoms with Gasteiger partial charge in [0, 0.05) is 11.8 Å². The normalized spacial score (nSPS) is 10.6. The summed E-state index contributed by atoms with van der Waals surface area (Å²) in [6.07, 6.45) is 2.81. The zero-order valence-corrected chi connectivity index (χ0v) is 14.9. The predicted octanol–water partition coefficient (Wildman–Crippen LogP) is 3.58. The molecule has 0 saturated heterocycles. The van der Waals surface area contributed by atoms with E-state index in [2.05, 4.69) is 20.4 Å². The maximum absolute atomic E-state index is 5.90. The second kappa shape index (κ2) is 8.52. The fourth-order valence-electron chi connectivity index (χ4n) is 2.32.